The van der Waals surface area contributed by atoms with Crippen LogP contribution in [0, 0.1) is 0 Å². The molecule has 2 aromatic carbocycles. The molecule has 2 aromatic rings. The van der Waals surface area contributed by atoms with Crippen LogP contribution in [0.2, 0.25) is 0 Å². The van der Waals surface area contributed by atoms with Gasteiger partial charge in [-0.2, -0.15) is 0 Å². The van der Waals surface area contributed by atoms with Crippen LogP contribution in [0.15, 0.2) is 54.6 Å². The van der Waals surface area contributed by atoms with E-state index in [4.69, 9.17) is 5.11 Å². The number of hydrogen-bond donors (Lipinski definition) is 3. The van der Waals surface area contributed by atoms with Crippen molar-refractivity contribution in [2.45, 2.75) is 25.7 Å². The second-order valence-electron chi connectivity index (χ2n) is 5.84. The molecule has 0 aliphatic heterocycles. The molecule has 0 heterocycles. The fourth-order valence-electron chi connectivity index (χ4n) is 2.58. The maximum atomic E-state index is 12.5. The highest BCUT2D eigenvalue weighted by Gasteiger charge is 2.18. The topological polar surface area (TPSA) is 95.5 Å². The number of rotatable bonds is 8. The second-order valence-corrected chi connectivity index (χ2v) is 5.84. The van der Waals surface area contributed by atoms with E-state index in [1.165, 1.54) is 0 Å². The van der Waals surface area contributed by atoms with E-state index in [-0.39, 0.29) is 30.7 Å². The highest BCUT2D eigenvalue weighted by molar-refractivity contribution is 5.97. The van der Waals surface area contributed by atoms with Gasteiger partial charge in [0, 0.05) is 17.8 Å². The van der Waals surface area contributed by atoms with E-state index >= 15 is 0 Å². The Morgan fingerprint density at radius 3 is 2.23 bits per heavy atom. The third kappa shape index (κ3) is 5.44. The third-order valence-electron chi connectivity index (χ3n) is 3.97. The van der Waals surface area contributed by atoms with Crippen molar-refractivity contribution in [2.75, 3.05) is 11.9 Å². The number of carbonyl (C=O) groups excluding carboxylic acids is 2. The molecule has 0 bridgehead atoms. The Labute approximate surface area is 152 Å². The van der Waals surface area contributed by atoms with Crippen molar-refractivity contribution in [1.29, 1.82) is 0 Å². The van der Waals surface area contributed by atoms with Gasteiger partial charge in [-0.05, 0) is 36.2 Å². The predicted octanol–water partition coefficient (Wildman–Crippen LogP) is 3.02. The van der Waals surface area contributed by atoms with Crippen molar-refractivity contribution in [3.05, 3.63) is 65.7 Å². The molecule has 0 aliphatic carbocycles. The van der Waals surface area contributed by atoms with Gasteiger partial charge in [-0.25, -0.2) is 0 Å². The number of hydrogen-bond acceptors (Lipinski definition) is 3. The van der Waals surface area contributed by atoms with Crippen molar-refractivity contribution >= 4 is 23.5 Å². The van der Waals surface area contributed by atoms with Crippen LogP contribution in [0.1, 0.15) is 41.6 Å². The Bertz CT molecular complexity index is 757. The summed E-state index contributed by atoms with van der Waals surface area (Å²) in [6, 6.07) is 16.1. The average Bonchev–Trinajstić information content (AvgIpc) is 2.63. The Balaban J connectivity index is 1.96. The first-order valence-electron chi connectivity index (χ1n) is 8.47. The lowest BCUT2D eigenvalue weighted by atomic mass is 9.95. The van der Waals surface area contributed by atoms with Crippen molar-refractivity contribution < 1.29 is 19.5 Å². The van der Waals surface area contributed by atoms with Crippen LogP contribution in [-0.2, 0) is 9.59 Å². The Morgan fingerprint density at radius 2 is 1.65 bits per heavy atom. The lowest BCUT2D eigenvalue weighted by Crippen LogP contribution is -2.26. The van der Waals surface area contributed by atoms with Crippen LogP contribution in [0.25, 0.3) is 0 Å². The zero-order valence-corrected chi connectivity index (χ0v) is 14.6. The third-order valence-corrected chi connectivity index (χ3v) is 3.97. The first-order chi connectivity index (χ1) is 12.5. The molecule has 2 amide bonds. The highest BCUT2D eigenvalue weighted by Crippen LogP contribution is 2.21. The predicted molar refractivity (Wildman–Crippen MR) is 99.1 cm³/mol. The lowest BCUT2D eigenvalue weighted by Gasteiger charge is -2.15. The van der Waals surface area contributed by atoms with Crippen LogP contribution in [0.5, 0.6) is 0 Å². The largest absolute Gasteiger partial charge is 0.481 e. The van der Waals surface area contributed by atoms with Gasteiger partial charge in [-0.1, -0.05) is 37.3 Å². The lowest BCUT2D eigenvalue weighted by molar-refractivity contribution is -0.136. The van der Waals surface area contributed by atoms with Crippen molar-refractivity contribution in [1.82, 2.24) is 5.32 Å². The van der Waals surface area contributed by atoms with E-state index < -0.39 is 5.97 Å². The summed E-state index contributed by atoms with van der Waals surface area (Å²) in [4.78, 5) is 34.9. The molecule has 0 saturated heterocycles. The first kappa shape index (κ1) is 19.2. The van der Waals surface area contributed by atoms with Crippen LogP contribution in [0.4, 0.5) is 5.69 Å². The molecule has 1 unspecified atom stereocenters. The van der Waals surface area contributed by atoms with E-state index in [0.717, 1.165) is 5.56 Å². The van der Waals surface area contributed by atoms with Crippen molar-refractivity contribution in [3.8, 4) is 0 Å². The molecule has 3 N–H and O–H groups in total. The zero-order chi connectivity index (χ0) is 18.9. The number of amides is 2. The molecule has 1 atom stereocenters. The Hall–Kier alpha value is -3.15. The fourth-order valence-corrected chi connectivity index (χ4v) is 2.58. The minimum atomic E-state index is -0.966. The van der Waals surface area contributed by atoms with Gasteiger partial charge in [0.2, 0.25) is 5.91 Å². The van der Waals surface area contributed by atoms with Gasteiger partial charge >= 0.3 is 5.97 Å². The van der Waals surface area contributed by atoms with Gasteiger partial charge in [0.05, 0.1) is 12.3 Å². The number of benzene rings is 2. The minimum Gasteiger partial charge on any atom is -0.481 e. The fraction of sp³-hybridized carbons (Fsp3) is 0.250. The maximum Gasteiger partial charge on any atom is 0.305 e. The summed E-state index contributed by atoms with van der Waals surface area (Å²) in [6.45, 7) is 2.03. The van der Waals surface area contributed by atoms with Gasteiger partial charge in [0.1, 0.15) is 0 Å². The van der Waals surface area contributed by atoms with Crippen LogP contribution >= 0.6 is 0 Å². The second kappa shape index (κ2) is 9.36. The monoisotopic (exact) mass is 354 g/mol. The van der Waals surface area contributed by atoms with Crippen LogP contribution in [-0.4, -0.2) is 29.4 Å². The van der Waals surface area contributed by atoms with E-state index in [0.29, 0.717) is 17.7 Å². The van der Waals surface area contributed by atoms with Crippen LogP contribution < -0.4 is 10.6 Å². The number of carboxylic acids is 1. The minimum absolute atomic E-state index is 0.0713. The Kier molecular flexibility index (Phi) is 6.91. The molecule has 0 radical (unpaired) electrons. The molecule has 0 aromatic heterocycles. The molecule has 2 rings (SSSR count). The number of carbonyl (C=O) groups is 3. The molecule has 6 heteroatoms. The molecule has 0 fully saturated rings. The number of carboxylic acid groups (broad SMARTS) is 1. The summed E-state index contributed by atoms with van der Waals surface area (Å²) < 4.78 is 0. The molecular formula is C20H22N2O4. The first-order valence-corrected chi connectivity index (χ1v) is 8.47. The number of nitrogens with one attached hydrogen (secondary N) is 2. The molecule has 0 aliphatic rings. The Morgan fingerprint density at radius 1 is 1.00 bits per heavy atom. The molecule has 136 valence electrons. The molecule has 0 saturated carbocycles. The summed E-state index contributed by atoms with van der Waals surface area (Å²) >= 11 is 0. The normalized spacial score (nSPS) is 11.4. The van der Waals surface area contributed by atoms with Crippen molar-refractivity contribution in [2.24, 2.45) is 0 Å². The SMILES string of the molecule is CCC(C(=O)Nc1ccc(C(=O)NCCC(=O)O)cc1)c1ccccc1. The summed E-state index contributed by atoms with van der Waals surface area (Å²) in [5.74, 6) is -1.65. The average molecular weight is 354 g/mol. The summed E-state index contributed by atoms with van der Waals surface area (Å²) in [6.07, 6.45) is 0.553. The summed E-state index contributed by atoms with van der Waals surface area (Å²) in [5, 5.41) is 14.0. The summed E-state index contributed by atoms with van der Waals surface area (Å²) in [5.41, 5.74) is 1.97. The van der Waals surface area contributed by atoms with Crippen LogP contribution in [0.3, 0.4) is 0 Å². The number of anilines is 1. The summed E-state index contributed by atoms with van der Waals surface area (Å²) in [7, 11) is 0. The van der Waals surface area contributed by atoms with E-state index in [2.05, 4.69) is 10.6 Å². The molecule has 6 nitrogen and oxygen atoms in total. The molecule has 26 heavy (non-hydrogen) atoms. The van der Waals surface area contributed by atoms with Gasteiger partial charge < -0.3 is 15.7 Å². The van der Waals surface area contributed by atoms with E-state index in [9.17, 15) is 14.4 Å². The maximum absolute atomic E-state index is 12.5. The van der Waals surface area contributed by atoms with Gasteiger partial charge in [-0.15, -0.1) is 0 Å². The molecular weight excluding hydrogens is 332 g/mol. The van der Waals surface area contributed by atoms with Gasteiger partial charge in [0.25, 0.3) is 5.91 Å². The van der Waals surface area contributed by atoms with Gasteiger partial charge in [0.15, 0.2) is 0 Å². The van der Waals surface area contributed by atoms with Gasteiger partial charge in [-0.3, -0.25) is 14.4 Å². The quantitative estimate of drug-likeness (QED) is 0.679. The zero-order valence-electron chi connectivity index (χ0n) is 14.6. The van der Waals surface area contributed by atoms with E-state index in [1.54, 1.807) is 24.3 Å². The van der Waals surface area contributed by atoms with E-state index in [1.807, 2.05) is 37.3 Å². The number of aliphatic carboxylic acids is 1. The standard InChI is InChI=1S/C20H22N2O4/c1-2-17(14-6-4-3-5-7-14)20(26)22-16-10-8-15(9-11-16)19(25)21-13-12-18(23)24/h3-11,17H,2,12-13H2,1H3,(H,21,25)(H,22,26)(H,23,24). The van der Waals surface area contributed by atoms with Crippen molar-refractivity contribution in [3.63, 3.8) is 0 Å². The molecule has 0 spiro atoms. The smallest absolute Gasteiger partial charge is 0.305 e. The highest BCUT2D eigenvalue weighted by atomic mass is 16.4.